The molecule has 2 spiro atoms. The zero-order valence-electron chi connectivity index (χ0n) is 28.6. The normalized spacial score (nSPS) is 52.9. The fourth-order valence-electron chi connectivity index (χ4n) is 13.4. The molecule has 3 unspecified atom stereocenters. The molecule has 7 fully saturated rings. The second-order valence-electron chi connectivity index (χ2n) is 17.5. The molecule has 14 atom stereocenters. The van der Waals surface area contributed by atoms with Crippen LogP contribution < -0.4 is 10.6 Å². The Morgan fingerprint density at radius 2 is 1.77 bits per heavy atom. The molecule has 44 heavy (non-hydrogen) atoms. The van der Waals surface area contributed by atoms with E-state index in [0.717, 1.165) is 39.0 Å². The van der Waals surface area contributed by atoms with E-state index >= 15 is 0 Å². The van der Waals surface area contributed by atoms with Gasteiger partial charge in [-0.2, -0.15) is 0 Å². The van der Waals surface area contributed by atoms with Gasteiger partial charge < -0.3 is 34.7 Å². The molecule has 3 N–H and O–H groups in total. The quantitative estimate of drug-likeness (QED) is 0.375. The van der Waals surface area contributed by atoms with Gasteiger partial charge in [-0.3, -0.25) is 0 Å². The predicted molar refractivity (Wildman–Crippen MR) is 168 cm³/mol. The Hall–Kier alpha value is -0.930. The van der Waals surface area contributed by atoms with Crippen LogP contribution in [0.2, 0.25) is 0 Å². The number of aliphatic hydroxyl groups is 1. The van der Waals surface area contributed by atoms with Crippen molar-refractivity contribution in [1.82, 2.24) is 10.6 Å². The van der Waals surface area contributed by atoms with Crippen molar-refractivity contribution < 1.29 is 28.8 Å². The first-order valence-electron chi connectivity index (χ1n) is 18.0. The van der Waals surface area contributed by atoms with Crippen LogP contribution in [-0.2, 0) is 18.9 Å². The molecule has 0 radical (unpaired) electrons. The molecule has 0 aromatic rings. The van der Waals surface area contributed by atoms with E-state index in [4.69, 9.17) is 18.9 Å². The minimum Gasteiger partial charge on any atom is -0.443 e. The molecule has 2 aliphatic heterocycles. The second-order valence-corrected chi connectivity index (χ2v) is 17.5. The van der Waals surface area contributed by atoms with Gasteiger partial charge in [-0.15, -0.1) is 0 Å². The lowest BCUT2D eigenvalue weighted by molar-refractivity contribution is -0.237. The van der Waals surface area contributed by atoms with Crippen molar-refractivity contribution in [3.8, 4) is 0 Å². The van der Waals surface area contributed by atoms with Gasteiger partial charge in [0.15, 0.2) is 6.29 Å². The molecule has 7 rings (SSSR count). The van der Waals surface area contributed by atoms with Gasteiger partial charge in [-0.05, 0) is 103 Å². The van der Waals surface area contributed by atoms with E-state index in [-0.39, 0.29) is 52.9 Å². The number of morpholine rings is 1. The minimum absolute atomic E-state index is 0.0180. The lowest BCUT2D eigenvalue weighted by Gasteiger charge is -2.63. The molecule has 250 valence electrons. The first-order valence-corrected chi connectivity index (χ1v) is 18.0. The van der Waals surface area contributed by atoms with Crippen LogP contribution in [0.3, 0.4) is 0 Å². The van der Waals surface area contributed by atoms with Crippen molar-refractivity contribution in [3.05, 3.63) is 0 Å². The Balaban J connectivity index is 1.15. The number of rotatable bonds is 5. The highest BCUT2D eigenvalue weighted by atomic mass is 16.7. The lowest BCUT2D eigenvalue weighted by atomic mass is 9.41. The van der Waals surface area contributed by atoms with Crippen LogP contribution in [-0.4, -0.2) is 74.8 Å². The van der Waals surface area contributed by atoms with Crippen LogP contribution in [0.1, 0.15) is 99.8 Å². The Morgan fingerprint density at radius 1 is 1.05 bits per heavy atom. The van der Waals surface area contributed by atoms with Gasteiger partial charge >= 0.3 is 6.09 Å². The first kappa shape index (κ1) is 31.7. The van der Waals surface area contributed by atoms with Crippen molar-refractivity contribution in [2.45, 2.75) is 137 Å². The molecule has 5 saturated carbocycles. The summed E-state index contributed by atoms with van der Waals surface area (Å²) in [4.78, 5) is 12.3. The molecule has 2 heterocycles. The van der Waals surface area contributed by atoms with Gasteiger partial charge in [0.2, 0.25) is 0 Å². The van der Waals surface area contributed by atoms with Gasteiger partial charge in [-0.25, -0.2) is 4.79 Å². The van der Waals surface area contributed by atoms with E-state index in [1.165, 1.54) is 32.1 Å². The maximum atomic E-state index is 12.5. The molecule has 5 aliphatic carbocycles. The third kappa shape index (κ3) is 4.08. The van der Waals surface area contributed by atoms with Crippen molar-refractivity contribution in [3.63, 3.8) is 0 Å². The summed E-state index contributed by atoms with van der Waals surface area (Å²) in [6.07, 6.45) is 7.73. The number of carbonyl (C=O) groups is 1. The zero-order chi connectivity index (χ0) is 31.4. The summed E-state index contributed by atoms with van der Waals surface area (Å²) in [5, 5.41) is 18.6. The molecule has 0 aromatic carbocycles. The molecule has 8 nitrogen and oxygen atoms in total. The number of aliphatic hydroxyl groups excluding tert-OH is 1. The maximum Gasteiger partial charge on any atom is 0.407 e. The van der Waals surface area contributed by atoms with Gasteiger partial charge in [0.05, 0.1) is 31.0 Å². The average Bonchev–Trinajstić information content (AvgIpc) is 3.62. The highest BCUT2D eigenvalue weighted by molar-refractivity contribution is 5.66. The summed E-state index contributed by atoms with van der Waals surface area (Å²) in [7, 11) is 1.60. The Bertz CT molecular complexity index is 1130. The molecule has 7 aliphatic rings. The van der Waals surface area contributed by atoms with Crippen molar-refractivity contribution in [2.24, 2.45) is 56.7 Å². The fraction of sp³-hybridized carbons (Fsp3) is 0.972. The zero-order valence-corrected chi connectivity index (χ0v) is 28.6. The molecule has 1 amide bonds. The fourth-order valence-corrected chi connectivity index (χ4v) is 13.4. The van der Waals surface area contributed by atoms with E-state index < -0.39 is 12.2 Å². The molecule has 0 aromatic heterocycles. The number of fused-ring (bicyclic) bond motifs is 4. The van der Waals surface area contributed by atoms with Gasteiger partial charge in [0, 0.05) is 25.6 Å². The van der Waals surface area contributed by atoms with E-state index in [1.54, 1.807) is 7.05 Å². The number of carbonyl (C=O) groups excluding carboxylic acids is 1. The van der Waals surface area contributed by atoms with Crippen LogP contribution in [0.15, 0.2) is 0 Å². The van der Waals surface area contributed by atoms with E-state index in [9.17, 15) is 9.90 Å². The van der Waals surface area contributed by atoms with Crippen molar-refractivity contribution in [2.75, 3.05) is 26.7 Å². The third-order valence-corrected chi connectivity index (χ3v) is 15.4. The van der Waals surface area contributed by atoms with Gasteiger partial charge in [0.25, 0.3) is 0 Å². The number of nitrogens with one attached hydrogen (secondary N) is 2. The van der Waals surface area contributed by atoms with Gasteiger partial charge in [0.1, 0.15) is 6.10 Å². The summed E-state index contributed by atoms with van der Waals surface area (Å²) < 4.78 is 25.5. The van der Waals surface area contributed by atoms with Crippen molar-refractivity contribution >= 4 is 6.09 Å². The van der Waals surface area contributed by atoms with Crippen LogP contribution in [0.25, 0.3) is 0 Å². The van der Waals surface area contributed by atoms with Gasteiger partial charge in [-0.1, -0.05) is 48.5 Å². The van der Waals surface area contributed by atoms with E-state index in [0.29, 0.717) is 34.5 Å². The van der Waals surface area contributed by atoms with E-state index in [2.05, 4.69) is 59.1 Å². The number of hydrogen-bond acceptors (Lipinski definition) is 7. The smallest absolute Gasteiger partial charge is 0.407 e. The monoisotopic (exact) mass is 616 g/mol. The predicted octanol–water partition coefficient (Wildman–Crippen LogP) is 5.51. The SMILES string of the molecule is CNC(=O)O[C@H](C(C)C)C1C[C@@H](C)[C@H]2C(O1)[C@H](O)[C@@]1(C)C3CC[C@H]4C(C)(C)[C@@H](O[C@H]5CNCCO5)CC[C@@]45C[C@@]35CC[C@]21C. The molecule has 2 saturated heterocycles. The highest BCUT2D eigenvalue weighted by Crippen LogP contribution is 2.89. The Labute approximate surface area is 265 Å². The maximum absolute atomic E-state index is 12.5. The van der Waals surface area contributed by atoms with Crippen molar-refractivity contribution in [1.29, 1.82) is 0 Å². The minimum atomic E-state index is -0.518. The molecular formula is C36H60N2O6. The number of hydrogen-bond donors (Lipinski definition) is 3. The highest BCUT2D eigenvalue weighted by Gasteiger charge is 2.84. The molecule has 0 bridgehead atoms. The summed E-state index contributed by atoms with van der Waals surface area (Å²) >= 11 is 0. The lowest BCUT2D eigenvalue weighted by Crippen LogP contribution is -2.60. The van der Waals surface area contributed by atoms with Crippen LogP contribution in [0.4, 0.5) is 4.79 Å². The second kappa shape index (κ2) is 10.5. The van der Waals surface area contributed by atoms with Crippen LogP contribution in [0, 0.1) is 56.7 Å². The van der Waals surface area contributed by atoms with Crippen LogP contribution in [0.5, 0.6) is 0 Å². The average molecular weight is 617 g/mol. The summed E-state index contributed by atoms with van der Waals surface area (Å²) in [6.45, 7) is 18.9. The van der Waals surface area contributed by atoms with E-state index in [1.807, 2.05) is 0 Å². The van der Waals surface area contributed by atoms with Crippen LogP contribution >= 0.6 is 0 Å². The summed E-state index contributed by atoms with van der Waals surface area (Å²) in [6, 6.07) is 0. The summed E-state index contributed by atoms with van der Waals surface area (Å²) in [5.74, 6) is 1.96. The Kier molecular flexibility index (Phi) is 7.58. The standard InChI is InChI=1S/C36H60N2O6/c1-20(2)28(44-31(40)37-8)22-17-21(3)27-29(42-22)30(39)34(7)24-10-9-23-32(4,5)25(43-26-18-38-15-16-41-26)11-12-35(23)19-36(24,35)14-13-33(27,34)6/h20-30,38-39H,9-19H2,1-8H3,(H,37,40)/t21-,22?,23+,24?,25+,26+,27+,28-,29?,30+,33-,34-,35-,36+/m1/s1. The largest absolute Gasteiger partial charge is 0.443 e. The number of alkyl carbamates (subject to hydrolysis) is 1. The summed E-state index contributed by atoms with van der Waals surface area (Å²) in [5.41, 5.74) is 0.590. The number of amides is 1. The third-order valence-electron chi connectivity index (χ3n) is 15.4. The molecule has 8 heteroatoms. The Morgan fingerprint density at radius 3 is 2.45 bits per heavy atom. The topological polar surface area (TPSA) is 98.3 Å². The molecular weight excluding hydrogens is 556 g/mol. The number of ether oxygens (including phenoxy) is 4. The first-order chi connectivity index (χ1) is 20.8.